The van der Waals surface area contributed by atoms with Crippen LogP contribution in [-0.2, 0) is 7.05 Å². The van der Waals surface area contributed by atoms with Crippen LogP contribution in [0.1, 0.15) is 16.3 Å². The fraction of sp³-hybridized carbons (Fsp3) is 0.150. The highest BCUT2D eigenvalue weighted by Gasteiger charge is 2.20. The topological polar surface area (TPSA) is 66.8 Å². The number of benzene rings is 2. The highest BCUT2D eigenvalue weighted by atomic mass is 19.1. The second kappa shape index (κ2) is 6.35. The van der Waals surface area contributed by atoms with Gasteiger partial charge in [-0.05, 0) is 55.5 Å². The van der Waals surface area contributed by atoms with Gasteiger partial charge >= 0.3 is 0 Å². The van der Waals surface area contributed by atoms with Gasteiger partial charge in [0.2, 0.25) is 0 Å². The first-order valence-electron chi connectivity index (χ1n) is 8.47. The van der Waals surface area contributed by atoms with Crippen molar-refractivity contribution >= 4 is 22.6 Å². The summed E-state index contributed by atoms with van der Waals surface area (Å²) in [6.07, 6.45) is 0. The summed E-state index contributed by atoms with van der Waals surface area (Å²) >= 11 is 0. The van der Waals surface area contributed by atoms with Crippen LogP contribution < -0.4 is 4.90 Å². The minimum Gasteiger partial charge on any atom is -0.342 e. The number of H-pyrrole nitrogens is 1. The number of hydrogen-bond donors (Lipinski definition) is 1. The van der Waals surface area contributed by atoms with Crippen molar-refractivity contribution in [2.45, 2.75) is 6.92 Å². The number of aryl methyl sites for hydroxylation is 2. The average Bonchev–Trinajstić information content (AvgIpc) is 3.22. The van der Waals surface area contributed by atoms with E-state index in [1.807, 2.05) is 25.1 Å². The Morgan fingerprint density at radius 1 is 1.15 bits per heavy atom. The number of amides is 1. The van der Waals surface area contributed by atoms with Gasteiger partial charge < -0.3 is 9.88 Å². The molecule has 0 saturated carbocycles. The van der Waals surface area contributed by atoms with Crippen LogP contribution in [0.3, 0.4) is 0 Å². The van der Waals surface area contributed by atoms with Crippen molar-refractivity contribution in [2.24, 2.45) is 7.05 Å². The van der Waals surface area contributed by atoms with E-state index in [1.165, 1.54) is 16.8 Å². The standard InChI is InChI=1S/C20H18FN5O/c1-12-22-16-9-8-15(10-18(16)23-12)25(2)20(27)19-11-17(24-26(19)3)13-4-6-14(21)7-5-13/h4-11H,1-3H3,(H,22,23). The third kappa shape index (κ3) is 3.08. The van der Waals surface area contributed by atoms with Gasteiger partial charge in [0.25, 0.3) is 5.91 Å². The Morgan fingerprint density at radius 2 is 1.89 bits per heavy atom. The zero-order valence-corrected chi connectivity index (χ0v) is 15.2. The lowest BCUT2D eigenvalue weighted by Crippen LogP contribution is -2.28. The Labute approximate surface area is 155 Å². The SMILES string of the molecule is Cc1nc2ccc(N(C)C(=O)c3cc(-c4ccc(F)cc4)nn3C)cc2[nH]1. The van der Waals surface area contributed by atoms with Gasteiger partial charge in [0.05, 0.1) is 16.7 Å². The van der Waals surface area contributed by atoms with E-state index in [1.54, 1.807) is 37.2 Å². The Morgan fingerprint density at radius 3 is 2.63 bits per heavy atom. The molecule has 136 valence electrons. The van der Waals surface area contributed by atoms with E-state index in [-0.39, 0.29) is 11.7 Å². The molecule has 2 aromatic heterocycles. The summed E-state index contributed by atoms with van der Waals surface area (Å²) in [6.45, 7) is 1.89. The van der Waals surface area contributed by atoms with Crippen LogP contribution in [0, 0.1) is 12.7 Å². The number of nitrogens with one attached hydrogen (secondary N) is 1. The smallest absolute Gasteiger partial charge is 0.276 e. The van der Waals surface area contributed by atoms with Crippen LogP contribution in [0.15, 0.2) is 48.5 Å². The van der Waals surface area contributed by atoms with Crippen LogP contribution in [0.4, 0.5) is 10.1 Å². The van der Waals surface area contributed by atoms with E-state index in [2.05, 4.69) is 15.1 Å². The quantitative estimate of drug-likeness (QED) is 0.604. The predicted molar refractivity (Wildman–Crippen MR) is 102 cm³/mol. The monoisotopic (exact) mass is 363 g/mol. The zero-order valence-electron chi connectivity index (χ0n) is 15.2. The first kappa shape index (κ1) is 17.0. The number of aromatic amines is 1. The van der Waals surface area contributed by atoms with Gasteiger partial charge in [-0.25, -0.2) is 9.37 Å². The van der Waals surface area contributed by atoms with Crippen LogP contribution in [-0.4, -0.2) is 32.7 Å². The van der Waals surface area contributed by atoms with Crippen molar-refractivity contribution in [3.8, 4) is 11.3 Å². The largest absolute Gasteiger partial charge is 0.342 e. The van der Waals surface area contributed by atoms with Crippen molar-refractivity contribution in [1.82, 2.24) is 19.7 Å². The number of halogens is 1. The van der Waals surface area contributed by atoms with Crippen molar-refractivity contribution in [1.29, 1.82) is 0 Å². The minimum absolute atomic E-state index is 0.186. The van der Waals surface area contributed by atoms with Crippen LogP contribution in [0.25, 0.3) is 22.3 Å². The van der Waals surface area contributed by atoms with E-state index in [9.17, 15) is 9.18 Å². The molecule has 0 aliphatic carbocycles. The van der Waals surface area contributed by atoms with Gasteiger partial charge in [-0.1, -0.05) is 0 Å². The lowest BCUT2D eigenvalue weighted by Gasteiger charge is -2.17. The first-order chi connectivity index (χ1) is 12.9. The molecule has 0 spiro atoms. The van der Waals surface area contributed by atoms with Crippen LogP contribution >= 0.6 is 0 Å². The van der Waals surface area contributed by atoms with Gasteiger partial charge in [0.15, 0.2) is 0 Å². The fourth-order valence-corrected chi connectivity index (χ4v) is 3.05. The molecule has 0 atom stereocenters. The second-order valence-electron chi connectivity index (χ2n) is 6.43. The minimum atomic E-state index is -0.310. The number of fused-ring (bicyclic) bond motifs is 1. The third-order valence-electron chi connectivity index (χ3n) is 4.51. The summed E-state index contributed by atoms with van der Waals surface area (Å²) in [6, 6.07) is 13.4. The van der Waals surface area contributed by atoms with Crippen molar-refractivity contribution in [2.75, 3.05) is 11.9 Å². The number of imidazole rings is 1. The Kier molecular flexibility index (Phi) is 3.99. The molecular formula is C20H18FN5O. The summed E-state index contributed by atoms with van der Waals surface area (Å²) in [5, 5.41) is 4.39. The lowest BCUT2D eigenvalue weighted by atomic mass is 10.1. The molecule has 0 bridgehead atoms. The molecule has 4 aromatic rings. The fourth-order valence-electron chi connectivity index (χ4n) is 3.05. The third-order valence-corrected chi connectivity index (χ3v) is 4.51. The molecule has 0 unspecified atom stereocenters. The molecule has 0 saturated heterocycles. The molecule has 0 aliphatic heterocycles. The number of hydrogen-bond acceptors (Lipinski definition) is 3. The lowest BCUT2D eigenvalue weighted by molar-refractivity contribution is 0.0984. The Balaban J connectivity index is 1.65. The van der Waals surface area contributed by atoms with Gasteiger partial charge in [0, 0.05) is 25.3 Å². The number of rotatable bonds is 3. The zero-order chi connectivity index (χ0) is 19.1. The number of anilines is 1. The van der Waals surface area contributed by atoms with Gasteiger partial charge in [-0.3, -0.25) is 9.48 Å². The summed E-state index contributed by atoms with van der Waals surface area (Å²) in [4.78, 5) is 22.1. The summed E-state index contributed by atoms with van der Waals surface area (Å²) in [5.74, 6) is 0.329. The first-order valence-corrected chi connectivity index (χ1v) is 8.47. The molecule has 4 rings (SSSR count). The molecule has 7 heteroatoms. The number of carbonyl (C=O) groups is 1. The van der Waals surface area contributed by atoms with E-state index in [4.69, 9.17) is 0 Å². The molecule has 0 aliphatic rings. The molecule has 6 nitrogen and oxygen atoms in total. The number of nitrogens with zero attached hydrogens (tertiary/aromatic N) is 4. The number of aromatic nitrogens is 4. The highest BCUT2D eigenvalue weighted by Crippen LogP contribution is 2.23. The predicted octanol–water partition coefficient (Wildman–Crippen LogP) is 3.69. The molecule has 0 fully saturated rings. The molecule has 0 radical (unpaired) electrons. The maximum Gasteiger partial charge on any atom is 0.276 e. The molecule has 2 aromatic carbocycles. The maximum absolute atomic E-state index is 13.1. The normalized spacial score (nSPS) is 11.1. The molecule has 27 heavy (non-hydrogen) atoms. The van der Waals surface area contributed by atoms with Gasteiger partial charge in [0.1, 0.15) is 17.3 Å². The van der Waals surface area contributed by atoms with Gasteiger partial charge in [-0.15, -0.1) is 0 Å². The average molecular weight is 363 g/mol. The molecule has 1 amide bonds. The van der Waals surface area contributed by atoms with E-state index < -0.39 is 0 Å². The highest BCUT2D eigenvalue weighted by molar-refractivity contribution is 6.05. The van der Waals surface area contributed by atoms with Crippen LogP contribution in [0.5, 0.6) is 0 Å². The molecule has 2 heterocycles. The van der Waals surface area contributed by atoms with Crippen molar-refractivity contribution < 1.29 is 9.18 Å². The van der Waals surface area contributed by atoms with E-state index >= 15 is 0 Å². The van der Waals surface area contributed by atoms with Crippen LogP contribution in [0.2, 0.25) is 0 Å². The second-order valence-corrected chi connectivity index (χ2v) is 6.43. The van der Waals surface area contributed by atoms with E-state index in [0.29, 0.717) is 11.4 Å². The summed E-state index contributed by atoms with van der Waals surface area (Å²) in [5.41, 5.74) is 4.30. The summed E-state index contributed by atoms with van der Waals surface area (Å²) in [7, 11) is 3.44. The van der Waals surface area contributed by atoms with Crippen molar-refractivity contribution in [3.05, 3.63) is 65.9 Å². The van der Waals surface area contributed by atoms with Crippen molar-refractivity contribution in [3.63, 3.8) is 0 Å². The van der Waals surface area contributed by atoms with Gasteiger partial charge in [-0.2, -0.15) is 5.10 Å². The van der Waals surface area contributed by atoms with E-state index in [0.717, 1.165) is 28.1 Å². The maximum atomic E-state index is 13.1. The summed E-state index contributed by atoms with van der Waals surface area (Å²) < 4.78 is 14.7. The molecular weight excluding hydrogens is 345 g/mol. The molecule has 1 N–H and O–H groups in total. The Hall–Kier alpha value is -3.48. The Bertz CT molecular complexity index is 1140. The number of carbonyl (C=O) groups excluding carboxylic acids is 1.